The summed E-state index contributed by atoms with van der Waals surface area (Å²) in [6.07, 6.45) is -8.56. The van der Waals surface area contributed by atoms with Gasteiger partial charge in [-0.25, -0.2) is 8.78 Å². The molecule has 0 aliphatic heterocycles. The van der Waals surface area contributed by atoms with E-state index in [2.05, 4.69) is 0 Å². The van der Waals surface area contributed by atoms with Crippen LogP contribution in [0.15, 0.2) is 24.4 Å². The molecule has 1 unspecified atom stereocenters. The minimum atomic E-state index is -5.47. The highest BCUT2D eigenvalue weighted by atomic mass is 19.4. The lowest BCUT2D eigenvalue weighted by molar-refractivity contribution is -0.305. The van der Waals surface area contributed by atoms with Gasteiger partial charge in [-0.1, -0.05) is 11.6 Å². The number of hydrogen-bond donors (Lipinski definition) is 1. The number of halogens is 5. The quantitative estimate of drug-likeness (QED) is 0.842. The fraction of sp³-hybridized carbons (Fsp3) is 0.385. The van der Waals surface area contributed by atoms with Gasteiger partial charge in [0, 0.05) is 29.7 Å². The molecule has 0 aliphatic carbocycles. The van der Waals surface area contributed by atoms with E-state index in [9.17, 15) is 27.1 Å². The molecule has 0 spiro atoms. The van der Waals surface area contributed by atoms with E-state index >= 15 is 0 Å². The van der Waals surface area contributed by atoms with Crippen molar-refractivity contribution in [3.63, 3.8) is 0 Å². The molecule has 2 aromatic rings. The summed E-state index contributed by atoms with van der Waals surface area (Å²) in [5.74, 6) is 0. The Labute approximate surface area is 111 Å². The Morgan fingerprint density at radius 3 is 2.30 bits per heavy atom. The predicted octanol–water partition coefficient (Wildman–Crippen LogP) is 3.50. The van der Waals surface area contributed by atoms with Gasteiger partial charge >= 0.3 is 6.18 Å². The molecule has 0 aliphatic rings. The summed E-state index contributed by atoms with van der Waals surface area (Å²) in [4.78, 5) is 0. The van der Waals surface area contributed by atoms with Crippen LogP contribution < -0.4 is 0 Å². The molecular weight excluding hydrogens is 281 g/mol. The minimum absolute atomic E-state index is 0.0346. The fourth-order valence-electron chi connectivity index (χ4n) is 2.20. The summed E-state index contributed by atoms with van der Waals surface area (Å²) < 4.78 is 65.9. The molecule has 1 heterocycles. The number of alkyl halides is 5. The van der Waals surface area contributed by atoms with Crippen LogP contribution in [0.3, 0.4) is 0 Å². The topological polar surface area (TPSA) is 25.2 Å². The molecule has 1 aromatic carbocycles. The summed E-state index contributed by atoms with van der Waals surface area (Å²) in [7, 11) is 1.43. The molecule has 20 heavy (non-hydrogen) atoms. The number of fused-ring (bicyclic) bond motifs is 1. The number of aromatic nitrogens is 1. The maximum absolute atomic E-state index is 12.9. The fourth-order valence-corrected chi connectivity index (χ4v) is 2.20. The average Bonchev–Trinajstić information content (AvgIpc) is 2.63. The van der Waals surface area contributed by atoms with E-state index in [4.69, 9.17) is 0 Å². The van der Waals surface area contributed by atoms with E-state index in [1.165, 1.54) is 23.7 Å². The SMILES string of the molecule is Cc1ccc2c(c1)c(C(O)(C(F)F)C(F)(F)F)cn2C. The second kappa shape index (κ2) is 4.44. The van der Waals surface area contributed by atoms with Crippen LogP contribution in [0, 0.1) is 6.92 Å². The van der Waals surface area contributed by atoms with Gasteiger partial charge in [0.1, 0.15) is 0 Å². The van der Waals surface area contributed by atoms with Gasteiger partial charge in [0.05, 0.1) is 0 Å². The van der Waals surface area contributed by atoms with Crippen molar-refractivity contribution in [2.45, 2.75) is 25.1 Å². The maximum Gasteiger partial charge on any atom is 0.427 e. The normalized spacial score (nSPS) is 15.8. The van der Waals surface area contributed by atoms with Gasteiger partial charge in [-0.15, -0.1) is 0 Å². The summed E-state index contributed by atoms with van der Waals surface area (Å²) >= 11 is 0. The largest absolute Gasteiger partial charge is 0.427 e. The first-order chi connectivity index (χ1) is 9.09. The van der Waals surface area contributed by atoms with Gasteiger partial charge in [0.15, 0.2) is 0 Å². The zero-order valence-electron chi connectivity index (χ0n) is 10.7. The van der Waals surface area contributed by atoms with Crippen molar-refractivity contribution in [3.05, 3.63) is 35.5 Å². The monoisotopic (exact) mass is 293 g/mol. The third-order valence-corrected chi connectivity index (χ3v) is 3.30. The van der Waals surface area contributed by atoms with Gasteiger partial charge in [0.2, 0.25) is 5.60 Å². The molecule has 0 saturated heterocycles. The molecule has 1 N–H and O–H groups in total. The molecule has 2 nitrogen and oxygen atoms in total. The zero-order chi connectivity index (χ0) is 15.3. The Kier molecular flexibility index (Phi) is 3.28. The predicted molar refractivity (Wildman–Crippen MR) is 63.6 cm³/mol. The number of rotatable bonds is 2. The lowest BCUT2D eigenvalue weighted by Gasteiger charge is -2.29. The average molecular weight is 293 g/mol. The van der Waals surface area contributed by atoms with Gasteiger partial charge in [-0.2, -0.15) is 13.2 Å². The Hall–Kier alpha value is -1.63. The van der Waals surface area contributed by atoms with E-state index in [1.54, 1.807) is 13.0 Å². The van der Waals surface area contributed by atoms with Crippen LogP contribution in [0.5, 0.6) is 0 Å². The smallest absolute Gasteiger partial charge is 0.372 e. The van der Waals surface area contributed by atoms with Gasteiger partial charge in [-0.3, -0.25) is 0 Å². The lowest BCUT2D eigenvalue weighted by Crippen LogP contribution is -2.48. The van der Waals surface area contributed by atoms with Crippen molar-refractivity contribution >= 4 is 10.9 Å². The molecule has 110 valence electrons. The number of nitrogens with zero attached hydrogens (tertiary/aromatic N) is 1. The van der Waals surface area contributed by atoms with Crippen LogP contribution in [0.4, 0.5) is 22.0 Å². The first-order valence-corrected chi connectivity index (χ1v) is 5.72. The third-order valence-electron chi connectivity index (χ3n) is 3.30. The standard InChI is InChI=1S/C13H12F5NO/c1-7-3-4-10-8(5-7)9(6-19(10)2)12(20,11(14)15)13(16,17)18/h3-6,11,20H,1-2H3. The van der Waals surface area contributed by atoms with Crippen molar-refractivity contribution in [1.82, 2.24) is 4.57 Å². The molecule has 0 radical (unpaired) electrons. The van der Waals surface area contributed by atoms with Crippen molar-refractivity contribution < 1.29 is 27.1 Å². The number of hydrogen-bond acceptors (Lipinski definition) is 1. The van der Waals surface area contributed by atoms with Crippen LogP contribution in [-0.4, -0.2) is 22.3 Å². The summed E-state index contributed by atoms with van der Waals surface area (Å²) in [6.45, 7) is 1.63. The molecule has 1 aromatic heterocycles. The number of aliphatic hydroxyl groups is 1. The summed E-state index contributed by atoms with van der Waals surface area (Å²) in [5.41, 5.74) is -4.06. The summed E-state index contributed by atoms with van der Waals surface area (Å²) in [6, 6.07) is 4.53. The van der Waals surface area contributed by atoms with E-state index in [0.717, 1.165) is 6.20 Å². The van der Waals surface area contributed by atoms with Crippen LogP contribution in [0.25, 0.3) is 10.9 Å². The molecule has 7 heteroatoms. The van der Waals surface area contributed by atoms with Gasteiger partial charge in [0.25, 0.3) is 6.43 Å². The number of aryl methyl sites for hydroxylation is 2. The molecule has 2 rings (SSSR count). The molecule has 0 amide bonds. The Morgan fingerprint density at radius 2 is 1.80 bits per heavy atom. The van der Waals surface area contributed by atoms with E-state index in [0.29, 0.717) is 11.1 Å². The van der Waals surface area contributed by atoms with E-state index < -0.39 is 23.8 Å². The molecule has 0 fully saturated rings. The van der Waals surface area contributed by atoms with Gasteiger partial charge < -0.3 is 9.67 Å². The highest BCUT2D eigenvalue weighted by molar-refractivity contribution is 5.85. The number of benzene rings is 1. The Balaban J connectivity index is 2.82. The Bertz CT molecular complexity index is 646. The third kappa shape index (κ3) is 1.96. The highest BCUT2D eigenvalue weighted by Crippen LogP contribution is 2.46. The van der Waals surface area contributed by atoms with Crippen molar-refractivity contribution in [2.75, 3.05) is 0 Å². The molecule has 0 bridgehead atoms. The van der Waals surface area contributed by atoms with Crippen LogP contribution >= 0.6 is 0 Å². The van der Waals surface area contributed by atoms with E-state index in [1.807, 2.05) is 0 Å². The Morgan fingerprint density at radius 1 is 1.20 bits per heavy atom. The van der Waals surface area contributed by atoms with Crippen molar-refractivity contribution in [2.24, 2.45) is 7.05 Å². The van der Waals surface area contributed by atoms with Crippen molar-refractivity contribution in [1.29, 1.82) is 0 Å². The second-order valence-corrected chi connectivity index (χ2v) is 4.74. The minimum Gasteiger partial charge on any atom is -0.372 e. The molecule has 1 atom stereocenters. The first kappa shape index (κ1) is 14.8. The van der Waals surface area contributed by atoms with Crippen LogP contribution in [0.2, 0.25) is 0 Å². The second-order valence-electron chi connectivity index (χ2n) is 4.74. The molecular formula is C13H12F5NO. The zero-order valence-corrected chi connectivity index (χ0v) is 10.7. The maximum atomic E-state index is 12.9. The van der Waals surface area contributed by atoms with Gasteiger partial charge in [-0.05, 0) is 19.1 Å². The highest BCUT2D eigenvalue weighted by Gasteiger charge is 2.62. The van der Waals surface area contributed by atoms with Crippen LogP contribution in [0.1, 0.15) is 11.1 Å². The summed E-state index contributed by atoms with van der Waals surface area (Å²) in [5, 5.41) is 9.58. The first-order valence-electron chi connectivity index (χ1n) is 5.72. The van der Waals surface area contributed by atoms with Crippen LogP contribution in [-0.2, 0) is 12.6 Å². The lowest BCUT2D eigenvalue weighted by atomic mass is 9.92. The van der Waals surface area contributed by atoms with Crippen molar-refractivity contribution in [3.8, 4) is 0 Å². The van der Waals surface area contributed by atoms with E-state index in [-0.39, 0.29) is 5.39 Å². The molecule has 0 saturated carbocycles.